The Hall–Kier alpha value is -3.05. The molecule has 0 aliphatic heterocycles. The zero-order valence-electron chi connectivity index (χ0n) is 14.1. The summed E-state index contributed by atoms with van der Waals surface area (Å²) in [5, 5.41) is 3.35. The number of hydrogen-bond acceptors (Lipinski definition) is 4. The lowest BCUT2D eigenvalue weighted by Crippen LogP contribution is -2.20. The SMILES string of the molecule is Cc1ccc(NC(=O)COc2ccc(Oc3ccccn3)cc2)cc1Cl. The Labute approximate surface area is 156 Å². The number of rotatable bonds is 6. The third-order valence-electron chi connectivity index (χ3n) is 3.51. The van der Waals surface area contributed by atoms with E-state index in [1.54, 1.807) is 48.7 Å². The summed E-state index contributed by atoms with van der Waals surface area (Å²) in [5.74, 6) is 1.45. The number of nitrogens with zero attached hydrogens (tertiary/aromatic N) is 1. The molecule has 1 amide bonds. The predicted octanol–water partition coefficient (Wildman–Crippen LogP) is 4.85. The molecule has 0 spiro atoms. The maximum Gasteiger partial charge on any atom is 0.262 e. The molecule has 0 bridgehead atoms. The van der Waals surface area contributed by atoms with Crippen molar-refractivity contribution in [2.45, 2.75) is 6.92 Å². The Morgan fingerprint density at radius 1 is 1.08 bits per heavy atom. The lowest BCUT2D eigenvalue weighted by Gasteiger charge is -2.09. The summed E-state index contributed by atoms with van der Waals surface area (Å²) >= 11 is 6.04. The molecule has 132 valence electrons. The fourth-order valence-corrected chi connectivity index (χ4v) is 2.33. The molecule has 0 aliphatic carbocycles. The molecular formula is C20H17ClN2O3. The van der Waals surface area contributed by atoms with Gasteiger partial charge in [-0.15, -0.1) is 0 Å². The maximum atomic E-state index is 12.0. The van der Waals surface area contributed by atoms with Crippen molar-refractivity contribution < 1.29 is 14.3 Å². The normalized spacial score (nSPS) is 10.2. The zero-order chi connectivity index (χ0) is 18.4. The molecule has 1 N–H and O–H groups in total. The van der Waals surface area contributed by atoms with Crippen molar-refractivity contribution in [3.63, 3.8) is 0 Å². The van der Waals surface area contributed by atoms with Crippen LogP contribution in [0.4, 0.5) is 5.69 Å². The first-order chi connectivity index (χ1) is 12.6. The first-order valence-corrected chi connectivity index (χ1v) is 8.36. The standard InChI is InChI=1S/C20H17ClN2O3/c1-14-5-6-15(12-18(14)21)23-19(24)13-25-16-7-9-17(10-8-16)26-20-4-2-3-11-22-20/h2-12H,13H2,1H3,(H,23,24). The van der Waals surface area contributed by atoms with Crippen LogP contribution in [0.5, 0.6) is 17.4 Å². The van der Waals surface area contributed by atoms with Gasteiger partial charge in [-0.25, -0.2) is 4.98 Å². The van der Waals surface area contributed by atoms with Gasteiger partial charge in [-0.2, -0.15) is 0 Å². The number of carbonyl (C=O) groups excluding carboxylic acids is 1. The average molecular weight is 369 g/mol. The number of hydrogen-bond donors (Lipinski definition) is 1. The van der Waals surface area contributed by atoms with Gasteiger partial charge in [0.2, 0.25) is 5.88 Å². The molecule has 0 aliphatic rings. The number of aromatic nitrogens is 1. The molecule has 0 fully saturated rings. The molecule has 26 heavy (non-hydrogen) atoms. The summed E-state index contributed by atoms with van der Waals surface area (Å²) in [7, 11) is 0. The summed E-state index contributed by atoms with van der Waals surface area (Å²) in [4.78, 5) is 16.1. The first-order valence-electron chi connectivity index (χ1n) is 7.98. The second-order valence-corrected chi connectivity index (χ2v) is 5.95. The van der Waals surface area contributed by atoms with Crippen LogP contribution in [-0.4, -0.2) is 17.5 Å². The second-order valence-electron chi connectivity index (χ2n) is 5.54. The third kappa shape index (κ3) is 4.97. The van der Waals surface area contributed by atoms with Gasteiger partial charge in [0.1, 0.15) is 11.5 Å². The van der Waals surface area contributed by atoms with Crippen molar-refractivity contribution in [1.82, 2.24) is 4.98 Å². The Morgan fingerprint density at radius 2 is 1.85 bits per heavy atom. The summed E-state index contributed by atoms with van der Waals surface area (Å²) in [5.41, 5.74) is 1.59. The number of nitrogens with one attached hydrogen (secondary N) is 1. The minimum Gasteiger partial charge on any atom is -0.484 e. The fourth-order valence-electron chi connectivity index (χ4n) is 2.15. The van der Waals surface area contributed by atoms with Gasteiger partial charge in [-0.1, -0.05) is 23.7 Å². The van der Waals surface area contributed by atoms with Crippen molar-refractivity contribution in [3.8, 4) is 17.4 Å². The van der Waals surface area contributed by atoms with Crippen LogP contribution in [0.25, 0.3) is 0 Å². The monoisotopic (exact) mass is 368 g/mol. The number of carbonyl (C=O) groups is 1. The van der Waals surface area contributed by atoms with Crippen LogP contribution in [0.15, 0.2) is 66.9 Å². The highest BCUT2D eigenvalue weighted by Crippen LogP contribution is 2.22. The van der Waals surface area contributed by atoms with E-state index in [0.717, 1.165) is 5.56 Å². The Balaban J connectivity index is 1.51. The lowest BCUT2D eigenvalue weighted by atomic mass is 10.2. The maximum absolute atomic E-state index is 12.0. The topological polar surface area (TPSA) is 60.5 Å². The summed E-state index contributed by atoms with van der Waals surface area (Å²) in [6, 6.07) is 17.7. The fraction of sp³-hybridized carbons (Fsp3) is 0.100. The van der Waals surface area contributed by atoms with E-state index < -0.39 is 0 Å². The van der Waals surface area contributed by atoms with Gasteiger partial charge in [-0.3, -0.25) is 4.79 Å². The number of benzene rings is 2. The van der Waals surface area contributed by atoms with Crippen molar-refractivity contribution in [2.24, 2.45) is 0 Å². The number of halogens is 1. The van der Waals surface area contributed by atoms with E-state index in [2.05, 4.69) is 10.3 Å². The van der Waals surface area contributed by atoms with Crippen molar-refractivity contribution in [2.75, 3.05) is 11.9 Å². The van der Waals surface area contributed by atoms with Crippen LogP contribution < -0.4 is 14.8 Å². The second kappa shape index (κ2) is 8.36. The van der Waals surface area contributed by atoms with Crippen LogP contribution in [0, 0.1) is 6.92 Å². The van der Waals surface area contributed by atoms with Crippen molar-refractivity contribution in [3.05, 3.63) is 77.4 Å². The van der Waals surface area contributed by atoms with E-state index >= 15 is 0 Å². The van der Waals surface area contributed by atoms with Gasteiger partial charge in [0, 0.05) is 23.0 Å². The number of anilines is 1. The van der Waals surface area contributed by atoms with Crippen LogP contribution in [0.3, 0.4) is 0 Å². The minimum absolute atomic E-state index is 0.105. The van der Waals surface area contributed by atoms with E-state index in [9.17, 15) is 4.79 Å². The molecule has 5 nitrogen and oxygen atoms in total. The van der Waals surface area contributed by atoms with Crippen LogP contribution in [0.2, 0.25) is 5.02 Å². The quantitative estimate of drug-likeness (QED) is 0.675. The molecule has 0 saturated heterocycles. The predicted molar refractivity (Wildman–Crippen MR) is 101 cm³/mol. The zero-order valence-corrected chi connectivity index (χ0v) is 14.9. The summed E-state index contributed by atoms with van der Waals surface area (Å²) in [6.07, 6.45) is 1.66. The Bertz CT molecular complexity index is 883. The number of ether oxygens (including phenoxy) is 2. The van der Waals surface area contributed by atoms with Crippen LogP contribution in [0.1, 0.15) is 5.56 Å². The molecule has 3 aromatic rings. The molecular weight excluding hydrogens is 352 g/mol. The van der Waals surface area contributed by atoms with E-state index in [-0.39, 0.29) is 12.5 Å². The molecule has 6 heteroatoms. The third-order valence-corrected chi connectivity index (χ3v) is 3.92. The van der Waals surface area contributed by atoms with E-state index in [1.807, 2.05) is 25.1 Å². The van der Waals surface area contributed by atoms with Crippen molar-refractivity contribution >= 4 is 23.2 Å². The molecule has 3 rings (SSSR count). The largest absolute Gasteiger partial charge is 0.484 e. The smallest absolute Gasteiger partial charge is 0.262 e. The highest BCUT2D eigenvalue weighted by molar-refractivity contribution is 6.31. The number of amides is 1. The minimum atomic E-state index is -0.265. The molecule has 2 aromatic carbocycles. The molecule has 0 radical (unpaired) electrons. The lowest BCUT2D eigenvalue weighted by molar-refractivity contribution is -0.118. The van der Waals surface area contributed by atoms with Gasteiger partial charge in [0.25, 0.3) is 5.91 Å². The molecule has 0 unspecified atom stereocenters. The van der Waals surface area contributed by atoms with Gasteiger partial charge in [-0.05, 0) is 55.0 Å². The highest BCUT2D eigenvalue weighted by atomic mass is 35.5. The van der Waals surface area contributed by atoms with E-state index in [1.165, 1.54) is 0 Å². The number of aryl methyl sites for hydroxylation is 1. The van der Waals surface area contributed by atoms with E-state index in [4.69, 9.17) is 21.1 Å². The highest BCUT2D eigenvalue weighted by Gasteiger charge is 2.06. The van der Waals surface area contributed by atoms with Crippen LogP contribution in [-0.2, 0) is 4.79 Å². The molecule has 1 heterocycles. The van der Waals surface area contributed by atoms with E-state index in [0.29, 0.717) is 28.1 Å². The molecule has 0 atom stereocenters. The first kappa shape index (κ1) is 17.8. The van der Waals surface area contributed by atoms with Gasteiger partial charge >= 0.3 is 0 Å². The Kier molecular flexibility index (Phi) is 5.71. The summed E-state index contributed by atoms with van der Waals surface area (Å²) in [6.45, 7) is 1.80. The average Bonchev–Trinajstić information content (AvgIpc) is 2.65. The van der Waals surface area contributed by atoms with Gasteiger partial charge in [0.15, 0.2) is 6.61 Å². The van der Waals surface area contributed by atoms with Crippen LogP contribution >= 0.6 is 11.6 Å². The van der Waals surface area contributed by atoms with Crippen molar-refractivity contribution in [1.29, 1.82) is 0 Å². The Morgan fingerprint density at radius 3 is 2.54 bits per heavy atom. The molecule has 0 saturated carbocycles. The van der Waals surface area contributed by atoms with Gasteiger partial charge in [0.05, 0.1) is 0 Å². The number of pyridine rings is 1. The summed E-state index contributed by atoms with van der Waals surface area (Å²) < 4.78 is 11.1. The van der Waals surface area contributed by atoms with Gasteiger partial charge < -0.3 is 14.8 Å². The molecule has 1 aromatic heterocycles.